The van der Waals surface area contributed by atoms with E-state index in [1.165, 1.54) is 98.7 Å². The average molecular weight is 685 g/mol. The third kappa shape index (κ3) is 3.78. The maximum atomic E-state index is 6.41. The molecule has 0 fully saturated rings. The summed E-state index contributed by atoms with van der Waals surface area (Å²) < 4.78 is 6.41. The van der Waals surface area contributed by atoms with Crippen LogP contribution >= 0.6 is 0 Å². The predicted octanol–water partition coefficient (Wildman–Crippen LogP) is 14.2. The lowest BCUT2D eigenvalue weighted by Gasteiger charge is -2.34. The molecule has 0 bridgehead atoms. The number of hydrogen-bond acceptors (Lipinski definition) is 1. The monoisotopic (exact) mass is 684 g/mol. The molecule has 0 saturated carbocycles. The largest absolute Gasteiger partial charge is 0.456 e. The van der Waals surface area contributed by atoms with Gasteiger partial charge in [-0.25, -0.2) is 0 Å². The number of furan rings is 1. The molecular weight excluding hydrogens is 653 g/mol. The van der Waals surface area contributed by atoms with Crippen molar-refractivity contribution in [3.63, 3.8) is 0 Å². The molecule has 0 saturated heterocycles. The van der Waals surface area contributed by atoms with E-state index in [-0.39, 0.29) is 0 Å². The van der Waals surface area contributed by atoms with Gasteiger partial charge in [0.25, 0.3) is 0 Å². The van der Waals surface area contributed by atoms with E-state index in [9.17, 15) is 0 Å². The molecule has 0 radical (unpaired) electrons. The summed E-state index contributed by atoms with van der Waals surface area (Å²) in [5, 5.41) is 9.83. The summed E-state index contributed by atoms with van der Waals surface area (Å²) in [4.78, 5) is 0. The van der Waals surface area contributed by atoms with Crippen LogP contribution in [0.5, 0.6) is 0 Å². The molecule has 11 aromatic rings. The Morgan fingerprint density at radius 1 is 0.296 bits per heavy atom. The second-order valence-corrected chi connectivity index (χ2v) is 14.7. The quantitative estimate of drug-likeness (QED) is 0.133. The van der Waals surface area contributed by atoms with Crippen molar-refractivity contribution >= 4 is 54.3 Å². The van der Waals surface area contributed by atoms with Gasteiger partial charge in [-0.15, -0.1) is 0 Å². The molecule has 54 heavy (non-hydrogen) atoms. The van der Waals surface area contributed by atoms with Crippen molar-refractivity contribution in [2.75, 3.05) is 0 Å². The van der Waals surface area contributed by atoms with Gasteiger partial charge in [0.1, 0.15) is 11.2 Å². The molecule has 1 heterocycles. The van der Waals surface area contributed by atoms with E-state index in [1.807, 2.05) is 0 Å². The molecule has 0 aliphatic heterocycles. The Morgan fingerprint density at radius 2 is 0.833 bits per heavy atom. The maximum absolute atomic E-state index is 6.41. The smallest absolute Gasteiger partial charge is 0.136 e. The molecule has 1 heteroatoms. The van der Waals surface area contributed by atoms with Crippen molar-refractivity contribution in [2.24, 2.45) is 0 Å². The minimum absolute atomic E-state index is 0.466. The molecule has 1 aromatic heterocycles. The molecule has 1 nitrogen and oxygen atoms in total. The van der Waals surface area contributed by atoms with Gasteiger partial charge in [0, 0.05) is 10.8 Å². The molecule has 10 aromatic carbocycles. The molecule has 0 unspecified atom stereocenters. The Balaban J connectivity index is 1.21. The topological polar surface area (TPSA) is 13.1 Å². The van der Waals surface area contributed by atoms with Gasteiger partial charge < -0.3 is 4.42 Å². The van der Waals surface area contributed by atoms with Crippen molar-refractivity contribution in [2.45, 2.75) is 5.41 Å². The summed E-state index contributed by atoms with van der Waals surface area (Å²) in [7, 11) is 0. The van der Waals surface area contributed by atoms with Crippen LogP contribution in [0.15, 0.2) is 199 Å². The molecule has 1 aliphatic carbocycles. The molecule has 12 rings (SSSR count). The molecule has 0 amide bonds. The third-order valence-electron chi connectivity index (χ3n) is 12.1. The molecule has 250 valence electrons. The first-order chi connectivity index (χ1) is 26.8. The number of hydrogen-bond donors (Lipinski definition) is 0. The standard InChI is InChI=1S/C53H32O/c1-3-16-34(17-4-1)53(35-18-5-2-6-19-35)44-26-12-11-24-42(44)51-43(25-14-27-45(51)53)50-38-22-9-7-20-36(38)49(37-21-8-10-23-39(37)50)40-31-32-47-52-41(40)30-29-33-15-13-28-46(54-47)48(33)52/h1-32H. The summed E-state index contributed by atoms with van der Waals surface area (Å²) in [6.07, 6.45) is 0. The van der Waals surface area contributed by atoms with Crippen molar-refractivity contribution in [3.05, 3.63) is 216 Å². The van der Waals surface area contributed by atoms with Gasteiger partial charge >= 0.3 is 0 Å². The molecular formula is C53H32O. The fraction of sp³-hybridized carbons (Fsp3) is 0.0189. The van der Waals surface area contributed by atoms with Gasteiger partial charge in [-0.05, 0) is 106 Å². The van der Waals surface area contributed by atoms with Gasteiger partial charge in [-0.3, -0.25) is 0 Å². The van der Waals surface area contributed by atoms with Crippen LogP contribution in [0, 0.1) is 0 Å². The summed E-state index contributed by atoms with van der Waals surface area (Å²) >= 11 is 0. The Hall–Kier alpha value is -6.96. The highest BCUT2D eigenvalue weighted by molar-refractivity contribution is 6.29. The fourth-order valence-corrected chi connectivity index (χ4v) is 10.1. The molecule has 0 spiro atoms. The highest BCUT2D eigenvalue weighted by Gasteiger charge is 2.47. The van der Waals surface area contributed by atoms with E-state index in [4.69, 9.17) is 4.42 Å². The summed E-state index contributed by atoms with van der Waals surface area (Å²) in [5.74, 6) is 0. The molecule has 0 atom stereocenters. The van der Waals surface area contributed by atoms with Crippen molar-refractivity contribution < 1.29 is 4.42 Å². The first kappa shape index (κ1) is 29.6. The third-order valence-corrected chi connectivity index (χ3v) is 12.1. The second kappa shape index (κ2) is 11.0. The van der Waals surface area contributed by atoms with Crippen molar-refractivity contribution in [3.8, 4) is 33.4 Å². The van der Waals surface area contributed by atoms with Gasteiger partial charge in [-0.2, -0.15) is 0 Å². The van der Waals surface area contributed by atoms with Crippen LogP contribution < -0.4 is 0 Å². The van der Waals surface area contributed by atoms with Crippen LogP contribution in [0.25, 0.3) is 87.6 Å². The minimum atomic E-state index is -0.466. The second-order valence-electron chi connectivity index (χ2n) is 14.7. The van der Waals surface area contributed by atoms with E-state index >= 15 is 0 Å². The number of benzene rings is 10. The Kier molecular flexibility index (Phi) is 6.04. The molecule has 1 aliphatic rings. The van der Waals surface area contributed by atoms with Gasteiger partial charge in [0.05, 0.1) is 5.41 Å². The first-order valence-electron chi connectivity index (χ1n) is 18.8. The zero-order chi connectivity index (χ0) is 35.4. The Labute approximate surface area is 312 Å². The van der Waals surface area contributed by atoms with E-state index in [2.05, 4.69) is 194 Å². The lowest BCUT2D eigenvalue weighted by atomic mass is 9.67. The van der Waals surface area contributed by atoms with Crippen LogP contribution in [0.1, 0.15) is 22.3 Å². The van der Waals surface area contributed by atoms with Crippen molar-refractivity contribution in [1.82, 2.24) is 0 Å². The Bertz CT molecular complexity index is 3160. The minimum Gasteiger partial charge on any atom is -0.456 e. The Morgan fingerprint density at radius 3 is 1.52 bits per heavy atom. The average Bonchev–Trinajstić information content (AvgIpc) is 3.78. The molecule has 0 N–H and O–H groups in total. The lowest BCUT2D eigenvalue weighted by Crippen LogP contribution is -2.28. The van der Waals surface area contributed by atoms with E-state index in [1.54, 1.807) is 0 Å². The number of fused-ring (bicyclic) bond motifs is 5. The normalized spacial score (nSPS) is 13.3. The predicted molar refractivity (Wildman–Crippen MR) is 226 cm³/mol. The van der Waals surface area contributed by atoms with E-state index in [0.717, 1.165) is 11.2 Å². The van der Waals surface area contributed by atoms with Gasteiger partial charge in [-0.1, -0.05) is 176 Å². The van der Waals surface area contributed by atoms with Gasteiger partial charge in [0.15, 0.2) is 0 Å². The fourth-order valence-electron chi connectivity index (χ4n) is 10.1. The maximum Gasteiger partial charge on any atom is 0.136 e. The van der Waals surface area contributed by atoms with E-state index in [0.29, 0.717) is 0 Å². The van der Waals surface area contributed by atoms with Crippen LogP contribution in [-0.2, 0) is 5.41 Å². The van der Waals surface area contributed by atoms with Crippen LogP contribution in [0.4, 0.5) is 0 Å². The highest BCUT2D eigenvalue weighted by Crippen LogP contribution is 2.59. The lowest BCUT2D eigenvalue weighted by molar-refractivity contribution is 0.669. The zero-order valence-corrected chi connectivity index (χ0v) is 29.4. The number of rotatable bonds is 4. The zero-order valence-electron chi connectivity index (χ0n) is 29.4. The van der Waals surface area contributed by atoms with Gasteiger partial charge in [0.2, 0.25) is 0 Å². The summed E-state index contributed by atoms with van der Waals surface area (Å²) in [5.41, 5.74) is 14.2. The first-order valence-corrected chi connectivity index (χ1v) is 18.8. The summed E-state index contributed by atoms with van der Waals surface area (Å²) in [6, 6.07) is 71.6. The van der Waals surface area contributed by atoms with E-state index < -0.39 is 5.41 Å². The summed E-state index contributed by atoms with van der Waals surface area (Å²) in [6.45, 7) is 0. The SMILES string of the molecule is c1ccc(C2(c3ccccc3)c3ccccc3-c3c(-c4c5ccccc5c(-c5ccc6oc7cccc8ccc5c6c87)c5ccccc45)cccc32)cc1. The van der Waals surface area contributed by atoms with Crippen LogP contribution in [0.2, 0.25) is 0 Å². The van der Waals surface area contributed by atoms with Crippen LogP contribution in [-0.4, -0.2) is 0 Å². The van der Waals surface area contributed by atoms with Crippen molar-refractivity contribution in [1.29, 1.82) is 0 Å². The van der Waals surface area contributed by atoms with Crippen LogP contribution in [0.3, 0.4) is 0 Å². The highest BCUT2D eigenvalue weighted by atomic mass is 16.3.